The molecule has 9 heavy (non-hydrogen) atoms. The summed E-state index contributed by atoms with van der Waals surface area (Å²) in [6.07, 6.45) is 2.60. The van der Waals surface area contributed by atoms with Crippen molar-refractivity contribution in [2.24, 2.45) is 10.9 Å². The van der Waals surface area contributed by atoms with E-state index in [0.717, 1.165) is 4.38 Å². The summed E-state index contributed by atoms with van der Waals surface area (Å²) in [6, 6.07) is 0. The first-order valence-electron chi connectivity index (χ1n) is 2.97. The van der Waals surface area contributed by atoms with Crippen LogP contribution in [0.5, 0.6) is 0 Å². The third-order valence-electron chi connectivity index (χ3n) is 1.10. The molecule has 0 aromatic carbocycles. The van der Waals surface area contributed by atoms with Gasteiger partial charge in [-0.15, -0.1) is 0 Å². The molecule has 1 aliphatic rings. The van der Waals surface area contributed by atoms with Crippen LogP contribution in [0, 0.1) is 0 Å². The second-order valence-corrected chi connectivity index (χ2v) is 4.22. The van der Waals surface area contributed by atoms with E-state index >= 15 is 0 Å². The summed E-state index contributed by atoms with van der Waals surface area (Å²) < 4.78 is 1.05. The zero-order chi connectivity index (χ0) is 6.53. The van der Waals surface area contributed by atoms with Crippen LogP contribution in [0.15, 0.2) is 5.10 Å². The van der Waals surface area contributed by atoms with Gasteiger partial charge in [-0.1, -0.05) is 23.5 Å². The highest BCUT2D eigenvalue weighted by Crippen LogP contribution is 2.23. The van der Waals surface area contributed by atoms with Gasteiger partial charge in [0, 0.05) is 11.5 Å². The minimum atomic E-state index is 1.05. The molecular formula is C5H10N2S2. The lowest BCUT2D eigenvalue weighted by molar-refractivity contribution is 0.912. The third kappa shape index (κ3) is 2.49. The first-order chi connectivity index (χ1) is 4.43. The van der Waals surface area contributed by atoms with Crippen molar-refractivity contribution in [3.63, 3.8) is 0 Å². The summed E-state index contributed by atoms with van der Waals surface area (Å²) in [6.45, 7) is 0. The van der Waals surface area contributed by atoms with Gasteiger partial charge in [0.25, 0.3) is 0 Å². The van der Waals surface area contributed by atoms with Gasteiger partial charge in [0.1, 0.15) is 4.38 Å². The minimum absolute atomic E-state index is 1.05. The van der Waals surface area contributed by atoms with E-state index in [-0.39, 0.29) is 0 Å². The van der Waals surface area contributed by atoms with Crippen molar-refractivity contribution in [3.05, 3.63) is 0 Å². The molecule has 0 amide bonds. The van der Waals surface area contributed by atoms with Crippen LogP contribution in [-0.4, -0.2) is 15.9 Å². The molecule has 0 spiro atoms. The molecule has 0 radical (unpaired) electrons. The Morgan fingerprint density at radius 2 is 1.78 bits per heavy atom. The zero-order valence-corrected chi connectivity index (χ0v) is 6.80. The first kappa shape index (κ1) is 7.28. The highest BCUT2D eigenvalue weighted by molar-refractivity contribution is 8.38. The van der Waals surface area contributed by atoms with Crippen LogP contribution in [0.3, 0.4) is 0 Å². The zero-order valence-electron chi connectivity index (χ0n) is 5.17. The van der Waals surface area contributed by atoms with Crippen molar-refractivity contribution in [3.8, 4) is 0 Å². The number of hydrogen-bond donors (Lipinski definition) is 1. The number of hydrogen-bond acceptors (Lipinski definition) is 4. The van der Waals surface area contributed by atoms with Gasteiger partial charge in [-0.2, -0.15) is 5.10 Å². The van der Waals surface area contributed by atoms with Crippen LogP contribution < -0.4 is 5.84 Å². The second-order valence-electron chi connectivity index (χ2n) is 1.80. The fourth-order valence-corrected chi connectivity index (χ4v) is 2.67. The maximum absolute atomic E-state index is 5.12. The van der Waals surface area contributed by atoms with Gasteiger partial charge in [-0.25, -0.2) is 0 Å². The number of nitrogens with two attached hydrogens (primary N) is 1. The summed E-state index contributed by atoms with van der Waals surface area (Å²) in [5, 5.41) is 3.65. The SMILES string of the molecule is NN=C1SCCCCS1. The Morgan fingerprint density at radius 1 is 1.22 bits per heavy atom. The van der Waals surface area contributed by atoms with E-state index < -0.39 is 0 Å². The van der Waals surface area contributed by atoms with Crippen LogP contribution in [0.4, 0.5) is 0 Å². The van der Waals surface area contributed by atoms with E-state index in [2.05, 4.69) is 5.10 Å². The van der Waals surface area contributed by atoms with Crippen LogP contribution in [-0.2, 0) is 0 Å². The van der Waals surface area contributed by atoms with Gasteiger partial charge in [0.15, 0.2) is 0 Å². The Balaban J connectivity index is 2.36. The molecule has 0 aromatic rings. The van der Waals surface area contributed by atoms with Gasteiger partial charge in [0.2, 0.25) is 0 Å². The molecular weight excluding hydrogens is 152 g/mol. The van der Waals surface area contributed by atoms with Crippen LogP contribution >= 0.6 is 23.5 Å². The molecule has 0 atom stereocenters. The molecule has 1 rings (SSSR count). The minimum Gasteiger partial charge on any atom is -0.322 e. The molecule has 0 unspecified atom stereocenters. The second kappa shape index (κ2) is 4.06. The topological polar surface area (TPSA) is 38.4 Å². The van der Waals surface area contributed by atoms with E-state index in [9.17, 15) is 0 Å². The average Bonchev–Trinajstić information content (AvgIpc) is 2.13. The van der Waals surface area contributed by atoms with Crippen LogP contribution in [0.1, 0.15) is 12.8 Å². The maximum atomic E-state index is 5.12. The van der Waals surface area contributed by atoms with Crippen molar-refractivity contribution in [1.82, 2.24) is 0 Å². The fourth-order valence-electron chi connectivity index (χ4n) is 0.639. The lowest BCUT2D eigenvalue weighted by atomic mass is 10.4. The summed E-state index contributed by atoms with van der Waals surface area (Å²) in [4.78, 5) is 0. The Labute approximate surface area is 63.6 Å². The predicted octanol–water partition coefficient (Wildman–Crippen LogP) is 1.48. The summed E-state index contributed by atoms with van der Waals surface area (Å²) >= 11 is 3.54. The number of rotatable bonds is 0. The van der Waals surface area contributed by atoms with E-state index in [1.165, 1.54) is 24.3 Å². The number of hydrazone groups is 1. The molecule has 2 nitrogen and oxygen atoms in total. The van der Waals surface area contributed by atoms with Gasteiger partial charge in [-0.05, 0) is 12.8 Å². The number of nitrogens with zero attached hydrogens (tertiary/aromatic N) is 1. The van der Waals surface area contributed by atoms with E-state index in [1.807, 2.05) is 0 Å². The van der Waals surface area contributed by atoms with Gasteiger partial charge in [0.05, 0.1) is 0 Å². The molecule has 4 heteroatoms. The summed E-state index contributed by atoms with van der Waals surface area (Å²) in [7, 11) is 0. The molecule has 0 aromatic heterocycles. The van der Waals surface area contributed by atoms with Crippen molar-refractivity contribution in [2.75, 3.05) is 11.5 Å². The quantitative estimate of drug-likeness (QED) is 0.433. The largest absolute Gasteiger partial charge is 0.322 e. The van der Waals surface area contributed by atoms with Crippen molar-refractivity contribution in [2.45, 2.75) is 12.8 Å². The fraction of sp³-hybridized carbons (Fsp3) is 0.800. The monoisotopic (exact) mass is 162 g/mol. The Morgan fingerprint density at radius 3 is 2.22 bits per heavy atom. The summed E-state index contributed by atoms with van der Waals surface area (Å²) in [5.74, 6) is 7.49. The van der Waals surface area contributed by atoms with Crippen molar-refractivity contribution < 1.29 is 0 Å². The van der Waals surface area contributed by atoms with Crippen molar-refractivity contribution >= 4 is 27.9 Å². The van der Waals surface area contributed by atoms with E-state index in [4.69, 9.17) is 5.84 Å². The van der Waals surface area contributed by atoms with Crippen LogP contribution in [0.25, 0.3) is 0 Å². The third-order valence-corrected chi connectivity index (χ3v) is 3.49. The predicted molar refractivity (Wildman–Crippen MR) is 45.8 cm³/mol. The molecule has 0 aliphatic carbocycles. The van der Waals surface area contributed by atoms with Crippen molar-refractivity contribution in [1.29, 1.82) is 0 Å². The van der Waals surface area contributed by atoms with Crippen LogP contribution in [0.2, 0.25) is 0 Å². The molecule has 1 aliphatic heterocycles. The number of thioether (sulfide) groups is 2. The molecule has 0 bridgehead atoms. The lowest BCUT2D eigenvalue weighted by Crippen LogP contribution is -1.90. The molecule has 1 heterocycles. The smallest absolute Gasteiger partial charge is 0.149 e. The lowest BCUT2D eigenvalue weighted by Gasteiger charge is -1.94. The Bertz CT molecular complexity index is 104. The van der Waals surface area contributed by atoms with Gasteiger partial charge >= 0.3 is 0 Å². The Kier molecular flexibility index (Phi) is 3.28. The van der Waals surface area contributed by atoms with E-state index in [0.29, 0.717) is 0 Å². The van der Waals surface area contributed by atoms with E-state index in [1.54, 1.807) is 23.5 Å². The summed E-state index contributed by atoms with van der Waals surface area (Å²) in [5.41, 5.74) is 0. The highest BCUT2D eigenvalue weighted by atomic mass is 32.2. The molecule has 52 valence electrons. The normalized spacial score (nSPS) is 21.1. The molecule has 1 fully saturated rings. The molecule has 1 saturated heterocycles. The molecule has 2 N–H and O–H groups in total. The average molecular weight is 162 g/mol. The maximum Gasteiger partial charge on any atom is 0.149 e. The molecule has 0 saturated carbocycles. The highest BCUT2D eigenvalue weighted by Gasteiger charge is 2.04. The first-order valence-corrected chi connectivity index (χ1v) is 4.94. The van der Waals surface area contributed by atoms with Gasteiger partial charge < -0.3 is 5.84 Å². The Hall–Kier alpha value is 0.170. The standard InChI is InChI=1S/C5H10N2S2/c6-7-5-8-3-1-2-4-9-5/h1-4,6H2. The van der Waals surface area contributed by atoms with Gasteiger partial charge in [-0.3, -0.25) is 0 Å².